The number of nitrogens with zero attached hydrogens (tertiary/aromatic N) is 1. The maximum atomic E-state index is 12.9. The number of benzene rings is 2. The maximum Gasteiger partial charge on any atom is 0.247 e. The molecule has 34 heavy (non-hydrogen) atoms. The van der Waals surface area contributed by atoms with E-state index in [1.807, 2.05) is 20.8 Å². The zero-order valence-corrected chi connectivity index (χ0v) is 21.7. The fourth-order valence-corrected chi connectivity index (χ4v) is 5.87. The minimum atomic E-state index is -3.60. The number of hydrogen-bond donors (Lipinski definition) is 2. The molecule has 1 heterocycles. The first-order chi connectivity index (χ1) is 16.0. The Labute approximate surface area is 210 Å². The standard InChI is InChI=1S/C24H29Cl2N3O4S/c1-15(2)22(24(31)27-20-13-18(25)12-19(26)14-20)28-23(30)17-8-10-29(11-9-17)34(32,33)21-6-4-16(3)5-7-21/h4-7,12-15,17,22H,8-11H2,1-3H3,(H,27,31)(H,28,30). The van der Waals surface area contributed by atoms with Gasteiger partial charge in [0, 0.05) is 34.7 Å². The first-order valence-electron chi connectivity index (χ1n) is 11.1. The van der Waals surface area contributed by atoms with Gasteiger partial charge in [-0.3, -0.25) is 9.59 Å². The Bertz CT molecular complexity index is 1130. The smallest absolute Gasteiger partial charge is 0.247 e. The van der Waals surface area contributed by atoms with Crippen molar-refractivity contribution in [3.63, 3.8) is 0 Å². The van der Waals surface area contributed by atoms with Gasteiger partial charge in [0.1, 0.15) is 6.04 Å². The van der Waals surface area contributed by atoms with Crippen molar-refractivity contribution in [2.75, 3.05) is 18.4 Å². The van der Waals surface area contributed by atoms with Crippen molar-refractivity contribution >= 4 is 50.7 Å². The maximum absolute atomic E-state index is 12.9. The van der Waals surface area contributed by atoms with E-state index in [1.54, 1.807) is 42.5 Å². The quantitative estimate of drug-likeness (QED) is 0.556. The highest BCUT2D eigenvalue weighted by Crippen LogP contribution is 2.25. The second-order valence-corrected chi connectivity index (χ2v) is 11.7. The summed E-state index contributed by atoms with van der Waals surface area (Å²) in [5.74, 6) is -1.17. The molecule has 1 fully saturated rings. The van der Waals surface area contributed by atoms with Crippen molar-refractivity contribution in [2.24, 2.45) is 11.8 Å². The molecule has 7 nitrogen and oxygen atoms in total. The molecule has 0 spiro atoms. The summed E-state index contributed by atoms with van der Waals surface area (Å²) in [6, 6.07) is 10.7. The Balaban J connectivity index is 1.61. The molecule has 1 unspecified atom stereocenters. The molecule has 2 aromatic carbocycles. The Hall–Kier alpha value is -2.13. The molecule has 0 saturated carbocycles. The van der Waals surface area contributed by atoms with Crippen LogP contribution in [0.15, 0.2) is 47.4 Å². The molecule has 10 heteroatoms. The Morgan fingerprint density at radius 1 is 1.00 bits per heavy atom. The summed E-state index contributed by atoms with van der Waals surface area (Å²) >= 11 is 12.0. The molecule has 0 aromatic heterocycles. The molecule has 3 rings (SSSR count). The highest BCUT2D eigenvalue weighted by atomic mass is 35.5. The first kappa shape index (κ1) is 26.5. The zero-order valence-electron chi connectivity index (χ0n) is 19.3. The van der Waals surface area contributed by atoms with Gasteiger partial charge < -0.3 is 10.6 Å². The molecule has 2 aromatic rings. The van der Waals surface area contributed by atoms with Crippen LogP contribution in [0.3, 0.4) is 0 Å². The number of nitrogens with one attached hydrogen (secondary N) is 2. The van der Waals surface area contributed by atoms with Gasteiger partial charge in [-0.25, -0.2) is 8.42 Å². The van der Waals surface area contributed by atoms with E-state index in [1.165, 1.54) is 4.31 Å². The monoisotopic (exact) mass is 525 g/mol. The van der Waals surface area contributed by atoms with E-state index >= 15 is 0 Å². The van der Waals surface area contributed by atoms with Crippen molar-refractivity contribution in [1.82, 2.24) is 9.62 Å². The summed E-state index contributed by atoms with van der Waals surface area (Å²) in [6.45, 7) is 6.06. The van der Waals surface area contributed by atoms with Crippen LogP contribution in [-0.4, -0.2) is 43.7 Å². The molecule has 0 bridgehead atoms. The van der Waals surface area contributed by atoms with Crippen LogP contribution in [0.5, 0.6) is 0 Å². The van der Waals surface area contributed by atoms with E-state index in [9.17, 15) is 18.0 Å². The predicted octanol–water partition coefficient (Wildman–Crippen LogP) is 4.48. The van der Waals surface area contributed by atoms with Crippen molar-refractivity contribution < 1.29 is 18.0 Å². The van der Waals surface area contributed by atoms with E-state index < -0.39 is 16.1 Å². The van der Waals surface area contributed by atoms with Crippen molar-refractivity contribution in [3.05, 3.63) is 58.1 Å². The molecule has 1 atom stereocenters. The van der Waals surface area contributed by atoms with E-state index in [0.29, 0.717) is 28.6 Å². The van der Waals surface area contributed by atoms with E-state index in [-0.39, 0.29) is 41.6 Å². The largest absolute Gasteiger partial charge is 0.344 e. The lowest BCUT2D eigenvalue weighted by Crippen LogP contribution is -2.50. The lowest BCUT2D eigenvalue weighted by Gasteiger charge is -2.32. The molecule has 2 amide bonds. The van der Waals surface area contributed by atoms with Crippen LogP contribution in [0.25, 0.3) is 0 Å². The SMILES string of the molecule is Cc1ccc(S(=O)(=O)N2CCC(C(=O)NC(C(=O)Nc3cc(Cl)cc(Cl)c3)C(C)C)CC2)cc1. The molecule has 0 radical (unpaired) electrons. The van der Waals surface area contributed by atoms with Crippen molar-refractivity contribution in [1.29, 1.82) is 0 Å². The second kappa shape index (κ2) is 11.1. The number of piperidine rings is 1. The van der Waals surface area contributed by atoms with Crippen LogP contribution < -0.4 is 10.6 Å². The summed E-state index contributed by atoms with van der Waals surface area (Å²) in [4.78, 5) is 26.0. The highest BCUT2D eigenvalue weighted by molar-refractivity contribution is 7.89. The molecular formula is C24H29Cl2N3O4S. The third-order valence-corrected chi connectivity index (χ3v) is 8.21. The molecule has 1 aliphatic heterocycles. The van der Waals surface area contributed by atoms with E-state index in [4.69, 9.17) is 23.2 Å². The summed E-state index contributed by atoms with van der Waals surface area (Å²) in [7, 11) is -3.60. The lowest BCUT2D eigenvalue weighted by molar-refractivity contribution is -0.130. The van der Waals surface area contributed by atoms with Gasteiger partial charge in [-0.2, -0.15) is 4.31 Å². The first-order valence-corrected chi connectivity index (χ1v) is 13.3. The number of sulfonamides is 1. The average Bonchev–Trinajstić information content (AvgIpc) is 2.76. The topological polar surface area (TPSA) is 95.6 Å². The van der Waals surface area contributed by atoms with Crippen LogP contribution >= 0.6 is 23.2 Å². The van der Waals surface area contributed by atoms with Gasteiger partial charge in [0.05, 0.1) is 4.90 Å². The van der Waals surface area contributed by atoms with Gasteiger partial charge in [0.2, 0.25) is 21.8 Å². The van der Waals surface area contributed by atoms with Gasteiger partial charge >= 0.3 is 0 Å². The Kier molecular flexibility index (Phi) is 8.62. The van der Waals surface area contributed by atoms with Crippen LogP contribution in [0, 0.1) is 18.8 Å². The minimum absolute atomic E-state index is 0.166. The van der Waals surface area contributed by atoms with Gasteiger partial charge in [-0.15, -0.1) is 0 Å². The zero-order chi connectivity index (χ0) is 25.0. The summed E-state index contributed by atoms with van der Waals surface area (Å²) in [6.07, 6.45) is 0.764. The lowest BCUT2D eigenvalue weighted by atomic mass is 9.95. The highest BCUT2D eigenvalue weighted by Gasteiger charge is 2.34. The molecular weight excluding hydrogens is 497 g/mol. The van der Waals surface area contributed by atoms with Gasteiger partial charge in [-0.05, 0) is 56.0 Å². The molecule has 1 aliphatic rings. The number of carbonyl (C=O) groups is 2. The van der Waals surface area contributed by atoms with Crippen LogP contribution in [-0.2, 0) is 19.6 Å². The normalized spacial score (nSPS) is 16.3. The molecule has 1 saturated heterocycles. The summed E-state index contributed by atoms with van der Waals surface area (Å²) in [5.41, 5.74) is 1.42. The fraction of sp³-hybridized carbons (Fsp3) is 0.417. The number of aryl methyl sites for hydroxylation is 1. The third kappa shape index (κ3) is 6.50. The van der Waals surface area contributed by atoms with Crippen LogP contribution in [0.2, 0.25) is 10.0 Å². The van der Waals surface area contributed by atoms with Crippen LogP contribution in [0.4, 0.5) is 5.69 Å². The van der Waals surface area contributed by atoms with Gasteiger partial charge in [0.15, 0.2) is 0 Å². The number of rotatable bonds is 7. The number of carbonyl (C=O) groups excluding carboxylic acids is 2. The van der Waals surface area contributed by atoms with Gasteiger partial charge in [-0.1, -0.05) is 54.7 Å². The van der Waals surface area contributed by atoms with Crippen molar-refractivity contribution in [3.8, 4) is 0 Å². The summed E-state index contributed by atoms with van der Waals surface area (Å²) in [5, 5.41) is 6.37. The molecule has 184 valence electrons. The number of halogens is 2. The van der Waals surface area contributed by atoms with Crippen molar-refractivity contribution in [2.45, 2.75) is 44.6 Å². The van der Waals surface area contributed by atoms with E-state index in [2.05, 4.69) is 10.6 Å². The predicted molar refractivity (Wildman–Crippen MR) is 135 cm³/mol. The molecule has 0 aliphatic carbocycles. The van der Waals surface area contributed by atoms with Gasteiger partial charge in [0.25, 0.3) is 0 Å². The van der Waals surface area contributed by atoms with Crippen LogP contribution in [0.1, 0.15) is 32.3 Å². The minimum Gasteiger partial charge on any atom is -0.344 e. The fourth-order valence-electron chi connectivity index (χ4n) is 3.87. The van der Waals surface area contributed by atoms with E-state index in [0.717, 1.165) is 5.56 Å². The Morgan fingerprint density at radius 3 is 2.09 bits per heavy atom. The number of anilines is 1. The average molecular weight is 526 g/mol. The summed E-state index contributed by atoms with van der Waals surface area (Å²) < 4.78 is 27.2. The molecule has 2 N–H and O–H groups in total. The number of hydrogen-bond acceptors (Lipinski definition) is 4. The third-order valence-electron chi connectivity index (χ3n) is 5.86. The number of amides is 2. The Morgan fingerprint density at radius 2 is 1.56 bits per heavy atom. The second-order valence-electron chi connectivity index (χ2n) is 8.87.